The molecule has 0 unspecified atom stereocenters. The molecule has 2 N–H and O–H groups in total. The Kier molecular flexibility index (Phi) is 3.65. The molecule has 0 saturated heterocycles. The summed E-state index contributed by atoms with van der Waals surface area (Å²) in [6, 6.07) is 8.21. The van der Waals surface area contributed by atoms with Gasteiger partial charge in [0.15, 0.2) is 0 Å². The zero-order valence-corrected chi connectivity index (χ0v) is 12.2. The second kappa shape index (κ2) is 5.41. The SMILES string of the molecule is Cc1cc(SCC2CCCC2)c2cc(N)ccc2n1. The number of nitrogens with zero attached hydrogens (tertiary/aromatic N) is 1. The summed E-state index contributed by atoms with van der Waals surface area (Å²) in [6.07, 6.45) is 5.62. The van der Waals surface area contributed by atoms with Gasteiger partial charge in [0.25, 0.3) is 0 Å². The van der Waals surface area contributed by atoms with Crippen molar-refractivity contribution < 1.29 is 0 Å². The fourth-order valence-electron chi connectivity index (χ4n) is 2.84. The van der Waals surface area contributed by atoms with Crippen LogP contribution in [0.5, 0.6) is 0 Å². The Morgan fingerprint density at radius 1 is 1.26 bits per heavy atom. The molecule has 1 heterocycles. The maximum atomic E-state index is 5.91. The van der Waals surface area contributed by atoms with Crippen LogP contribution in [0.1, 0.15) is 31.4 Å². The average molecular weight is 272 g/mol. The van der Waals surface area contributed by atoms with Gasteiger partial charge in [-0.2, -0.15) is 0 Å². The third-order valence-corrected chi connectivity index (χ3v) is 5.16. The zero-order valence-electron chi connectivity index (χ0n) is 11.4. The van der Waals surface area contributed by atoms with Crippen LogP contribution < -0.4 is 5.73 Å². The molecule has 2 nitrogen and oxygen atoms in total. The van der Waals surface area contributed by atoms with Gasteiger partial charge in [-0.25, -0.2) is 0 Å². The molecule has 1 aromatic carbocycles. The van der Waals surface area contributed by atoms with E-state index in [0.29, 0.717) is 0 Å². The van der Waals surface area contributed by atoms with Crippen LogP contribution in [0.2, 0.25) is 0 Å². The average Bonchev–Trinajstić information content (AvgIpc) is 2.89. The fourth-order valence-corrected chi connectivity index (χ4v) is 4.16. The molecule has 1 fully saturated rings. The van der Waals surface area contributed by atoms with Crippen LogP contribution in [-0.4, -0.2) is 10.7 Å². The lowest BCUT2D eigenvalue weighted by Crippen LogP contribution is -1.97. The first-order chi connectivity index (χ1) is 9.22. The number of hydrogen-bond donors (Lipinski definition) is 1. The Hall–Kier alpha value is -1.22. The van der Waals surface area contributed by atoms with E-state index in [1.807, 2.05) is 23.9 Å². The summed E-state index contributed by atoms with van der Waals surface area (Å²) in [6.45, 7) is 2.06. The van der Waals surface area contributed by atoms with Crippen LogP contribution in [0, 0.1) is 12.8 Å². The first kappa shape index (κ1) is 12.8. The highest BCUT2D eigenvalue weighted by Gasteiger charge is 2.16. The first-order valence-corrected chi connectivity index (χ1v) is 8.00. The quantitative estimate of drug-likeness (QED) is 0.664. The standard InChI is InChI=1S/C16H20N2S/c1-11-8-16(19-10-12-4-2-3-5-12)14-9-13(17)6-7-15(14)18-11/h6-9,12H,2-5,10,17H2,1H3. The van der Waals surface area contributed by atoms with Crippen molar-refractivity contribution in [3.8, 4) is 0 Å². The number of anilines is 1. The molecule has 0 spiro atoms. The molecule has 3 rings (SSSR count). The van der Waals surface area contributed by atoms with E-state index in [1.165, 1.54) is 41.7 Å². The highest BCUT2D eigenvalue weighted by atomic mass is 32.2. The summed E-state index contributed by atoms with van der Waals surface area (Å²) >= 11 is 1.97. The lowest BCUT2D eigenvalue weighted by Gasteiger charge is -2.11. The molecule has 0 aliphatic heterocycles. The van der Waals surface area contributed by atoms with Gasteiger partial charge in [-0.1, -0.05) is 12.8 Å². The number of nitrogens with two attached hydrogens (primary N) is 1. The predicted molar refractivity (Wildman–Crippen MR) is 83.6 cm³/mol. The normalized spacial score (nSPS) is 16.3. The van der Waals surface area contributed by atoms with Crippen LogP contribution in [0.25, 0.3) is 10.9 Å². The second-order valence-corrected chi connectivity index (χ2v) is 6.56. The van der Waals surface area contributed by atoms with Gasteiger partial charge in [0, 0.05) is 27.4 Å². The largest absolute Gasteiger partial charge is 0.399 e. The Bertz CT molecular complexity index is 589. The summed E-state index contributed by atoms with van der Waals surface area (Å²) in [7, 11) is 0. The number of rotatable bonds is 3. The topological polar surface area (TPSA) is 38.9 Å². The zero-order chi connectivity index (χ0) is 13.2. The van der Waals surface area contributed by atoms with Gasteiger partial charge in [0.1, 0.15) is 0 Å². The van der Waals surface area contributed by atoms with E-state index in [0.717, 1.165) is 22.8 Å². The molecular formula is C16H20N2S. The maximum absolute atomic E-state index is 5.91. The van der Waals surface area contributed by atoms with Gasteiger partial charge in [0.05, 0.1) is 5.52 Å². The second-order valence-electron chi connectivity index (χ2n) is 5.50. The minimum atomic E-state index is 0.820. The lowest BCUT2D eigenvalue weighted by atomic mass is 10.1. The number of benzene rings is 1. The summed E-state index contributed by atoms with van der Waals surface area (Å²) < 4.78 is 0. The molecular weight excluding hydrogens is 252 g/mol. The van der Waals surface area contributed by atoms with E-state index >= 15 is 0 Å². The predicted octanol–water partition coefficient (Wildman–Crippen LogP) is 4.41. The Balaban J connectivity index is 1.89. The number of thioether (sulfide) groups is 1. The molecule has 1 aromatic heterocycles. The number of nitrogen functional groups attached to an aromatic ring is 1. The van der Waals surface area contributed by atoms with Gasteiger partial charge in [0.2, 0.25) is 0 Å². The van der Waals surface area contributed by atoms with Gasteiger partial charge >= 0.3 is 0 Å². The highest BCUT2D eigenvalue weighted by molar-refractivity contribution is 7.99. The monoisotopic (exact) mass is 272 g/mol. The summed E-state index contributed by atoms with van der Waals surface area (Å²) in [4.78, 5) is 5.92. The lowest BCUT2D eigenvalue weighted by molar-refractivity contribution is 0.623. The minimum Gasteiger partial charge on any atom is -0.399 e. The van der Waals surface area contributed by atoms with Gasteiger partial charge < -0.3 is 5.73 Å². The van der Waals surface area contributed by atoms with E-state index in [-0.39, 0.29) is 0 Å². The van der Waals surface area contributed by atoms with Crippen LogP contribution in [0.4, 0.5) is 5.69 Å². The van der Waals surface area contributed by atoms with E-state index in [4.69, 9.17) is 5.73 Å². The third-order valence-electron chi connectivity index (χ3n) is 3.87. The first-order valence-electron chi connectivity index (χ1n) is 7.02. The third kappa shape index (κ3) is 2.86. The van der Waals surface area contributed by atoms with E-state index in [2.05, 4.69) is 24.0 Å². The Labute approximate surface area is 118 Å². The summed E-state index contributed by atoms with van der Waals surface area (Å²) in [5.74, 6) is 2.13. The molecule has 1 aliphatic rings. The van der Waals surface area contributed by atoms with E-state index < -0.39 is 0 Å². The summed E-state index contributed by atoms with van der Waals surface area (Å²) in [5, 5.41) is 1.20. The number of hydrogen-bond acceptors (Lipinski definition) is 3. The number of fused-ring (bicyclic) bond motifs is 1. The molecule has 1 aliphatic carbocycles. The Morgan fingerprint density at radius 3 is 2.84 bits per heavy atom. The van der Waals surface area contributed by atoms with Gasteiger partial charge in [-0.15, -0.1) is 11.8 Å². The van der Waals surface area contributed by atoms with Crippen LogP contribution in [-0.2, 0) is 0 Å². The molecule has 19 heavy (non-hydrogen) atoms. The molecule has 0 amide bonds. The van der Waals surface area contributed by atoms with Crippen molar-refractivity contribution in [2.45, 2.75) is 37.5 Å². The van der Waals surface area contributed by atoms with Crippen molar-refractivity contribution >= 4 is 28.4 Å². The smallest absolute Gasteiger partial charge is 0.0717 e. The molecule has 100 valence electrons. The highest BCUT2D eigenvalue weighted by Crippen LogP contribution is 2.34. The molecule has 1 saturated carbocycles. The van der Waals surface area contributed by atoms with Crippen LogP contribution >= 0.6 is 11.8 Å². The van der Waals surface area contributed by atoms with Crippen molar-refractivity contribution in [1.82, 2.24) is 4.98 Å². The number of aryl methyl sites for hydroxylation is 1. The van der Waals surface area contributed by atoms with Gasteiger partial charge in [-0.3, -0.25) is 4.98 Å². The van der Waals surface area contributed by atoms with Gasteiger partial charge in [-0.05, 0) is 49.9 Å². The van der Waals surface area contributed by atoms with Crippen LogP contribution in [0.15, 0.2) is 29.2 Å². The summed E-state index contributed by atoms with van der Waals surface area (Å²) in [5.41, 5.74) is 8.88. The van der Waals surface area contributed by atoms with Crippen molar-refractivity contribution in [3.63, 3.8) is 0 Å². The molecule has 0 atom stereocenters. The van der Waals surface area contributed by atoms with Crippen molar-refractivity contribution in [1.29, 1.82) is 0 Å². The fraction of sp³-hybridized carbons (Fsp3) is 0.438. The Morgan fingerprint density at radius 2 is 2.05 bits per heavy atom. The molecule has 3 heteroatoms. The van der Waals surface area contributed by atoms with E-state index in [1.54, 1.807) is 0 Å². The van der Waals surface area contributed by atoms with Crippen LogP contribution in [0.3, 0.4) is 0 Å². The number of pyridine rings is 1. The minimum absolute atomic E-state index is 0.820. The van der Waals surface area contributed by atoms with Crippen molar-refractivity contribution in [2.75, 3.05) is 11.5 Å². The molecule has 0 bridgehead atoms. The van der Waals surface area contributed by atoms with Crippen molar-refractivity contribution in [2.24, 2.45) is 5.92 Å². The molecule has 0 radical (unpaired) electrons. The maximum Gasteiger partial charge on any atom is 0.0717 e. The van der Waals surface area contributed by atoms with E-state index in [9.17, 15) is 0 Å². The van der Waals surface area contributed by atoms with Crippen molar-refractivity contribution in [3.05, 3.63) is 30.0 Å². The number of aromatic nitrogens is 1. The molecule has 2 aromatic rings.